The number of carbonyl (C=O) groups excluding carboxylic acids is 10. The molecular formula is C75H101N19O23S2. The van der Waals surface area contributed by atoms with Crippen molar-refractivity contribution in [3.8, 4) is 10.7 Å². The maximum Gasteiger partial charge on any atom is 0.404 e. The van der Waals surface area contributed by atoms with Gasteiger partial charge >= 0.3 is 6.09 Å². The van der Waals surface area contributed by atoms with Gasteiger partial charge in [-0.05, 0) is 63.3 Å². The smallest absolute Gasteiger partial charge is 0.404 e. The summed E-state index contributed by atoms with van der Waals surface area (Å²) in [6.07, 6.45) is -17.4. The lowest BCUT2D eigenvalue weighted by molar-refractivity contribution is -0.372. The van der Waals surface area contributed by atoms with Crippen LogP contribution in [0.4, 0.5) is 10.6 Å². The normalized spacial score (nSPS) is 21.6. The zero-order valence-corrected chi connectivity index (χ0v) is 66.8. The van der Waals surface area contributed by atoms with Crippen LogP contribution in [-0.4, -0.2) is 285 Å². The van der Waals surface area contributed by atoms with Crippen molar-refractivity contribution in [1.29, 1.82) is 0 Å². The average molecular weight is 1700 g/mol. The number of benzene rings is 2. The van der Waals surface area contributed by atoms with E-state index in [2.05, 4.69) is 67.1 Å². The standard InChI is InChI=1S/C75H101N19O23S2/c1-36-53(90-66(93-64(36)78)43(28-49(77)98)85-29-42(76)65(79)106)70(110)92-55(61(44-30-81-35-86-44)115-74-63(59(104)57(102)47(31-95)114-74)116-73-60(105)62(117-75(80)112)58(103)48(32-96)113-73)71(111)87-38(3)56(101)37(2)67(107)91-54(39(4)97)69(109)84-25-22-51-88-46(34-118-51)72-89-45(33-119-72)68(108)83-24-13-27-94(52(100)21-19-41-16-9-6-10-17-41)26-12-11-23-82-50(99)20-18-40-14-7-5-8-15-40/h5-10,14-21,30,33-35,37-39,42-43,47-48,54-63,73-74,85,95-97,101-105H,11-13,22-29,31-32,76H2,1-4H3,(H2,77,98)(H2,79,106)(H2,80,112)(H,81,86)(H,82,99)(H,83,108)(H,84,109)(H,87,111)(H,91,107)(H,92,110)(H2,78,90,93)/b20-18+,21-19+/t37-,38+,39+,42-,43-,47-,48+,54-,55-,56-,57+,58+,59-,60-,61-,62-,63-,73+,74-/m0/s1. The third kappa shape index (κ3) is 26.9. The number of hydrogen-bond donors (Lipinski definition) is 21. The Morgan fingerprint density at radius 2 is 1.34 bits per heavy atom. The number of aromatic amines is 1. The molecule has 8 rings (SSSR count). The van der Waals surface area contributed by atoms with Gasteiger partial charge in [0.05, 0.1) is 72.7 Å². The van der Waals surface area contributed by atoms with E-state index in [1.165, 1.54) is 62.5 Å². The van der Waals surface area contributed by atoms with Crippen LogP contribution in [-0.2, 0) is 63.7 Å². The number of nitrogens with two attached hydrogens (primary N) is 5. The summed E-state index contributed by atoms with van der Waals surface area (Å²) in [5, 5.41) is 111. The predicted molar refractivity (Wildman–Crippen MR) is 424 cm³/mol. The summed E-state index contributed by atoms with van der Waals surface area (Å²) in [7, 11) is 0. The van der Waals surface area contributed by atoms with Crippen LogP contribution in [0.5, 0.6) is 0 Å². The van der Waals surface area contributed by atoms with Gasteiger partial charge in [-0.1, -0.05) is 67.6 Å². The molecule has 10 amide bonds. The first kappa shape index (κ1) is 93.7. The number of H-pyrrole nitrogens is 1. The van der Waals surface area contributed by atoms with Crippen molar-refractivity contribution in [1.82, 2.24) is 72.0 Å². The molecule has 0 radical (unpaired) electrons. The minimum Gasteiger partial charge on any atom is -0.441 e. The van der Waals surface area contributed by atoms with Gasteiger partial charge in [0.25, 0.3) is 11.8 Å². The number of thiazole rings is 2. The molecule has 2 aliphatic rings. The maximum absolute atomic E-state index is 15.3. The number of ether oxygens (including phenoxy) is 5. The van der Waals surface area contributed by atoms with Gasteiger partial charge in [-0.3, -0.25) is 43.2 Å². The third-order valence-electron chi connectivity index (χ3n) is 19.1. The molecule has 0 saturated carbocycles. The summed E-state index contributed by atoms with van der Waals surface area (Å²) in [4.78, 5) is 160. The number of anilines is 1. The fourth-order valence-electron chi connectivity index (χ4n) is 12.3. The van der Waals surface area contributed by atoms with Crippen LogP contribution >= 0.6 is 22.7 Å². The molecule has 0 bridgehead atoms. The van der Waals surface area contributed by atoms with Crippen molar-refractivity contribution in [3.63, 3.8) is 0 Å². The van der Waals surface area contributed by atoms with E-state index in [0.29, 0.717) is 54.6 Å². The number of carbonyl (C=O) groups is 10. The molecule has 2 fully saturated rings. The number of aromatic nitrogens is 6. The Bertz CT molecular complexity index is 4440. The van der Waals surface area contributed by atoms with Crippen LogP contribution in [0, 0.1) is 12.8 Å². The average Bonchev–Trinajstić information content (AvgIpc) is 1.47. The Labute approximate surface area is 689 Å². The van der Waals surface area contributed by atoms with Gasteiger partial charge in [-0.15, -0.1) is 22.7 Å². The second-order valence-corrected chi connectivity index (χ2v) is 29.7. The maximum atomic E-state index is 15.3. The largest absolute Gasteiger partial charge is 0.441 e. The van der Waals surface area contributed by atoms with Crippen LogP contribution in [0.3, 0.4) is 0 Å². The highest BCUT2D eigenvalue weighted by Gasteiger charge is 2.54. The van der Waals surface area contributed by atoms with E-state index in [-0.39, 0.29) is 66.5 Å². The van der Waals surface area contributed by atoms with Gasteiger partial charge < -0.3 is 140 Å². The Balaban J connectivity index is 0.917. The van der Waals surface area contributed by atoms with Crippen LogP contribution < -0.4 is 65.9 Å². The summed E-state index contributed by atoms with van der Waals surface area (Å²) < 4.78 is 28.8. The summed E-state index contributed by atoms with van der Waals surface area (Å²) in [6.45, 7) is 3.88. The van der Waals surface area contributed by atoms with Crippen LogP contribution in [0.1, 0.15) is 113 Å². The third-order valence-corrected chi connectivity index (χ3v) is 20.8. The number of nitrogens with zero attached hydrogens (tertiary/aromatic N) is 6. The number of primary amides is 3. The lowest BCUT2D eigenvalue weighted by atomic mass is 9.96. The molecule has 2 saturated heterocycles. The van der Waals surface area contributed by atoms with Gasteiger partial charge in [0, 0.05) is 80.6 Å². The molecule has 4 aromatic heterocycles. The number of amides is 10. The quantitative estimate of drug-likeness (QED) is 0.0127. The highest BCUT2D eigenvalue weighted by atomic mass is 32.1. The summed E-state index contributed by atoms with van der Waals surface area (Å²) in [6, 6.07) is 10.8. The lowest BCUT2D eigenvalue weighted by Crippen LogP contribution is -2.65. The molecule has 26 N–H and O–H groups in total. The van der Waals surface area contributed by atoms with Crippen molar-refractivity contribution >= 4 is 99.9 Å². The zero-order valence-electron chi connectivity index (χ0n) is 65.1. The SMILES string of the molecule is Cc1c(N)nc([C@H](CC(N)=O)NC[C@H](N)C(N)=O)nc1C(=O)N[C@H](C(=O)N[C@H](C)[C@@H](O)[C@H](C)C(=O)N[C@H](C(=O)NCCc1nc(-c2nc(C(=O)NCCCN(CCCCNC(=O)/C=C/c3ccccc3)C(=O)/C=C/c3ccccc3)cs2)cs1)[C@@H](C)O)[C@@H](O[C@@H]1O[C@@H](CO)[C@@H](O)[C@H](O)[C@@H]1O[C@H]1O[C@H](CO)[C@@H](O)[C@H](OC(N)=O)[C@@H]1O)c1cnc[nH]1. The molecule has 2 aromatic carbocycles. The van der Waals surface area contributed by atoms with Crippen molar-refractivity contribution in [2.45, 2.75) is 170 Å². The second-order valence-electron chi connectivity index (χ2n) is 27.9. The van der Waals surface area contributed by atoms with Crippen LogP contribution in [0.2, 0.25) is 0 Å². The topological polar surface area (TPSA) is 676 Å². The number of nitrogen functional groups attached to an aromatic ring is 1. The molecule has 0 spiro atoms. The minimum atomic E-state index is -2.22. The lowest BCUT2D eigenvalue weighted by Gasteiger charge is -2.47. The van der Waals surface area contributed by atoms with Crippen molar-refractivity contribution in [3.05, 3.63) is 141 Å². The molecule has 42 nitrogen and oxygen atoms in total. The molecule has 19 atom stereocenters. The van der Waals surface area contributed by atoms with E-state index in [4.69, 9.17) is 52.4 Å². The number of rotatable bonds is 44. The molecule has 0 aliphatic carbocycles. The van der Waals surface area contributed by atoms with Crippen LogP contribution in [0.25, 0.3) is 22.9 Å². The van der Waals surface area contributed by atoms with E-state index in [1.54, 1.807) is 27.8 Å². The Hall–Kier alpha value is -10.8. The van der Waals surface area contributed by atoms with E-state index in [1.807, 2.05) is 60.7 Å². The number of aliphatic hydroxyl groups is 8. The van der Waals surface area contributed by atoms with E-state index < -0.39 is 189 Å². The molecule has 6 aromatic rings. The molecule has 6 heterocycles. The van der Waals surface area contributed by atoms with Gasteiger partial charge in [-0.2, -0.15) is 0 Å². The van der Waals surface area contributed by atoms with Gasteiger partial charge in [0.2, 0.25) is 41.4 Å². The van der Waals surface area contributed by atoms with Gasteiger partial charge in [0.15, 0.2) is 18.7 Å². The predicted octanol–water partition coefficient (Wildman–Crippen LogP) is -4.43. The minimum absolute atomic E-state index is 0.0595. The number of unbranched alkanes of at least 4 members (excludes halogenated alkanes) is 1. The Morgan fingerprint density at radius 1 is 0.689 bits per heavy atom. The first-order valence-electron chi connectivity index (χ1n) is 37.7. The fourth-order valence-corrected chi connectivity index (χ4v) is 13.9. The van der Waals surface area contributed by atoms with Gasteiger partial charge in [-0.25, -0.2) is 29.7 Å². The zero-order chi connectivity index (χ0) is 86.7. The first-order valence-corrected chi connectivity index (χ1v) is 39.5. The molecule has 44 heteroatoms. The van der Waals surface area contributed by atoms with E-state index in [9.17, 15) is 79.2 Å². The molecule has 2 aliphatic heterocycles. The molecule has 646 valence electrons. The molecule has 0 unspecified atom stereocenters. The highest BCUT2D eigenvalue weighted by molar-refractivity contribution is 7.14. The number of hydrogen-bond acceptors (Lipinski definition) is 33. The second kappa shape index (κ2) is 45.4. The Kier molecular flexibility index (Phi) is 35.8. The number of nitrogens with one attached hydrogen (secondary N) is 8. The van der Waals surface area contributed by atoms with Crippen molar-refractivity contribution in [2.75, 3.05) is 58.2 Å². The van der Waals surface area contributed by atoms with Crippen LogP contribution in [0.15, 0.2) is 96.1 Å². The van der Waals surface area contributed by atoms with Crippen molar-refractivity contribution in [2.24, 2.45) is 28.9 Å². The molecule has 119 heavy (non-hydrogen) atoms. The monoisotopic (exact) mass is 1700 g/mol. The fraction of sp³-hybridized carbons (Fsp3) is 0.480. The first-order chi connectivity index (χ1) is 56.8. The number of imidazole rings is 1. The summed E-state index contributed by atoms with van der Waals surface area (Å²) in [5.74, 6) is -9.45. The van der Waals surface area contributed by atoms with E-state index >= 15 is 9.59 Å². The van der Waals surface area contributed by atoms with Crippen molar-refractivity contribution < 1.29 is 112 Å². The summed E-state index contributed by atoms with van der Waals surface area (Å²) in [5.41, 5.74) is 29.7. The highest BCUT2D eigenvalue weighted by Crippen LogP contribution is 2.35. The Morgan fingerprint density at radius 3 is 1.98 bits per heavy atom. The van der Waals surface area contributed by atoms with Gasteiger partial charge in [0.1, 0.15) is 94.6 Å². The summed E-state index contributed by atoms with van der Waals surface area (Å²) >= 11 is 2.41. The van der Waals surface area contributed by atoms with E-state index in [0.717, 1.165) is 23.7 Å². The number of aliphatic hydroxyl groups excluding tert-OH is 8. The molecular weight excluding hydrogens is 1600 g/mol.